The molecular formula is C14H24N2O. The van der Waals surface area contributed by atoms with Gasteiger partial charge in [0.2, 0.25) is 5.91 Å². The first-order chi connectivity index (χ1) is 8.26. The number of hydrogen-bond acceptors (Lipinski definition) is 2. The molecule has 96 valence electrons. The highest BCUT2D eigenvalue weighted by atomic mass is 16.2. The second kappa shape index (κ2) is 5.67. The first kappa shape index (κ1) is 12.6. The zero-order chi connectivity index (χ0) is 12.3. The van der Waals surface area contributed by atoms with Gasteiger partial charge in [0.05, 0.1) is 0 Å². The SMILES string of the molecule is CCC1CN(C(=O)C2CC=CC2)C(CC)CN1. The Morgan fingerprint density at radius 2 is 2.00 bits per heavy atom. The number of allylic oxidation sites excluding steroid dienone is 2. The van der Waals surface area contributed by atoms with Gasteiger partial charge in [-0.25, -0.2) is 0 Å². The lowest BCUT2D eigenvalue weighted by molar-refractivity contribution is -0.139. The molecule has 1 amide bonds. The third-order valence-electron chi connectivity index (χ3n) is 4.10. The third kappa shape index (κ3) is 2.71. The minimum Gasteiger partial charge on any atom is -0.337 e. The molecule has 2 unspecified atom stereocenters. The van der Waals surface area contributed by atoms with Gasteiger partial charge in [0, 0.05) is 31.1 Å². The van der Waals surface area contributed by atoms with Crippen molar-refractivity contribution in [2.45, 2.75) is 51.6 Å². The highest BCUT2D eigenvalue weighted by Gasteiger charge is 2.33. The average Bonchev–Trinajstić information content (AvgIpc) is 2.91. The molecule has 2 atom stereocenters. The van der Waals surface area contributed by atoms with Gasteiger partial charge >= 0.3 is 0 Å². The molecule has 0 spiro atoms. The molecule has 1 N–H and O–H groups in total. The van der Waals surface area contributed by atoms with Crippen LogP contribution in [0.3, 0.4) is 0 Å². The number of nitrogens with zero attached hydrogens (tertiary/aromatic N) is 1. The smallest absolute Gasteiger partial charge is 0.226 e. The fourth-order valence-corrected chi connectivity index (χ4v) is 2.83. The molecule has 3 nitrogen and oxygen atoms in total. The molecule has 0 saturated carbocycles. The number of hydrogen-bond donors (Lipinski definition) is 1. The van der Waals surface area contributed by atoms with Crippen LogP contribution in [0.4, 0.5) is 0 Å². The van der Waals surface area contributed by atoms with Gasteiger partial charge in [-0.1, -0.05) is 26.0 Å². The van der Waals surface area contributed by atoms with Crippen LogP contribution in [0, 0.1) is 5.92 Å². The van der Waals surface area contributed by atoms with Gasteiger partial charge in [-0.05, 0) is 25.7 Å². The molecule has 3 heteroatoms. The van der Waals surface area contributed by atoms with Crippen LogP contribution >= 0.6 is 0 Å². The summed E-state index contributed by atoms with van der Waals surface area (Å²) in [4.78, 5) is 14.6. The first-order valence-corrected chi connectivity index (χ1v) is 6.95. The Hall–Kier alpha value is -0.830. The molecule has 0 radical (unpaired) electrons. The van der Waals surface area contributed by atoms with Crippen LogP contribution < -0.4 is 5.32 Å². The normalized spacial score (nSPS) is 29.9. The first-order valence-electron chi connectivity index (χ1n) is 6.95. The second-order valence-electron chi connectivity index (χ2n) is 5.21. The Morgan fingerprint density at radius 1 is 1.29 bits per heavy atom. The summed E-state index contributed by atoms with van der Waals surface area (Å²) in [5.41, 5.74) is 0. The van der Waals surface area contributed by atoms with Crippen molar-refractivity contribution in [1.82, 2.24) is 10.2 Å². The molecule has 1 aliphatic heterocycles. The van der Waals surface area contributed by atoms with E-state index in [4.69, 9.17) is 0 Å². The molecule has 0 aromatic carbocycles. The van der Waals surface area contributed by atoms with Crippen LogP contribution in [-0.4, -0.2) is 36.0 Å². The zero-order valence-electron chi connectivity index (χ0n) is 11.0. The maximum atomic E-state index is 12.5. The highest BCUT2D eigenvalue weighted by Crippen LogP contribution is 2.23. The summed E-state index contributed by atoms with van der Waals surface area (Å²) in [6, 6.07) is 0.877. The van der Waals surface area contributed by atoms with Crippen molar-refractivity contribution in [3.05, 3.63) is 12.2 Å². The number of piperazine rings is 1. The van der Waals surface area contributed by atoms with Crippen LogP contribution in [0.5, 0.6) is 0 Å². The lowest BCUT2D eigenvalue weighted by Crippen LogP contribution is -2.58. The fraction of sp³-hybridized carbons (Fsp3) is 0.786. The molecule has 1 saturated heterocycles. The molecule has 1 fully saturated rings. The van der Waals surface area contributed by atoms with Crippen LogP contribution in [0.1, 0.15) is 39.5 Å². The Bertz CT molecular complexity index is 293. The number of nitrogens with one attached hydrogen (secondary N) is 1. The van der Waals surface area contributed by atoms with Gasteiger partial charge in [-0.15, -0.1) is 0 Å². The van der Waals surface area contributed by atoms with E-state index in [1.54, 1.807) is 0 Å². The van der Waals surface area contributed by atoms with Crippen molar-refractivity contribution in [3.8, 4) is 0 Å². The maximum absolute atomic E-state index is 12.5. The zero-order valence-corrected chi connectivity index (χ0v) is 11.0. The van der Waals surface area contributed by atoms with Gasteiger partial charge < -0.3 is 10.2 Å². The Labute approximate surface area is 104 Å². The summed E-state index contributed by atoms with van der Waals surface area (Å²) in [7, 11) is 0. The fourth-order valence-electron chi connectivity index (χ4n) is 2.83. The van der Waals surface area contributed by atoms with Crippen molar-refractivity contribution >= 4 is 5.91 Å². The third-order valence-corrected chi connectivity index (χ3v) is 4.10. The minimum absolute atomic E-state index is 0.222. The number of amides is 1. The predicted octanol–water partition coefficient (Wildman–Crippen LogP) is 1.94. The van der Waals surface area contributed by atoms with Crippen molar-refractivity contribution in [1.29, 1.82) is 0 Å². The van der Waals surface area contributed by atoms with E-state index in [1.165, 1.54) is 0 Å². The Kier molecular flexibility index (Phi) is 4.21. The van der Waals surface area contributed by atoms with Crippen molar-refractivity contribution in [2.24, 2.45) is 5.92 Å². The minimum atomic E-state index is 0.222. The number of carbonyl (C=O) groups is 1. The van der Waals surface area contributed by atoms with E-state index in [9.17, 15) is 4.79 Å². The summed E-state index contributed by atoms with van der Waals surface area (Å²) in [6.45, 7) is 6.21. The van der Waals surface area contributed by atoms with Gasteiger partial charge in [0.25, 0.3) is 0 Å². The average molecular weight is 236 g/mol. The van der Waals surface area contributed by atoms with Gasteiger partial charge in [0.15, 0.2) is 0 Å². The highest BCUT2D eigenvalue weighted by molar-refractivity contribution is 5.80. The van der Waals surface area contributed by atoms with Crippen molar-refractivity contribution in [3.63, 3.8) is 0 Å². The summed E-state index contributed by atoms with van der Waals surface area (Å²) < 4.78 is 0. The largest absolute Gasteiger partial charge is 0.337 e. The maximum Gasteiger partial charge on any atom is 0.226 e. The molecule has 2 rings (SSSR count). The summed E-state index contributed by atoms with van der Waals surface area (Å²) >= 11 is 0. The molecule has 2 aliphatic rings. The summed E-state index contributed by atoms with van der Waals surface area (Å²) in [5.74, 6) is 0.599. The lowest BCUT2D eigenvalue weighted by atomic mass is 9.99. The Morgan fingerprint density at radius 3 is 2.59 bits per heavy atom. The van der Waals surface area contributed by atoms with Crippen molar-refractivity contribution < 1.29 is 4.79 Å². The number of carbonyl (C=O) groups excluding carboxylic acids is 1. The molecular weight excluding hydrogens is 212 g/mol. The molecule has 0 aromatic heterocycles. The van der Waals surface area contributed by atoms with Crippen LogP contribution in [0.2, 0.25) is 0 Å². The summed E-state index contributed by atoms with van der Waals surface area (Å²) in [5, 5.41) is 3.54. The molecule has 0 bridgehead atoms. The van der Waals surface area contributed by atoms with Crippen molar-refractivity contribution in [2.75, 3.05) is 13.1 Å². The lowest BCUT2D eigenvalue weighted by Gasteiger charge is -2.41. The van der Waals surface area contributed by atoms with E-state index >= 15 is 0 Å². The van der Waals surface area contributed by atoms with Gasteiger partial charge in [-0.2, -0.15) is 0 Å². The second-order valence-corrected chi connectivity index (χ2v) is 5.21. The van der Waals surface area contributed by atoms with E-state index in [-0.39, 0.29) is 5.92 Å². The Balaban J connectivity index is 2.01. The molecule has 1 aliphatic carbocycles. The van der Waals surface area contributed by atoms with Crippen LogP contribution in [-0.2, 0) is 4.79 Å². The molecule has 1 heterocycles. The summed E-state index contributed by atoms with van der Waals surface area (Å²) in [6.07, 6.45) is 8.32. The van der Waals surface area contributed by atoms with E-state index in [2.05, 4.69) is 36.2 Å². The standard InChI is InChI=1S/C14H24N2O/c1-3-12-10-16(13(4-2)9-15-12)14(17)11-7-5-6-8-11/h5-6,11-13,15H,3-4,7-10H2,1-2H3. The molecule has 17 heavy (non-hydrogen) atoms. The van der Waals surface area contributed by atoms with E-state index in [0.717, 1.165) is 38.8 Å². The molecule has 0 aromatic rings. The van der Waals surface area contributed by atoms with Gasteiger partial charge in [-0.3, -0.25) is 4.79 Å². The topological polar surface area (TPSA) is 32.3 Å². The predicted molar refractivity (Wildman–Crippen MR) is 69.7 cm³/mol. The quantitative estimate of drug-likeness (QED) is 0.760. The number of rotatable bonds is 3. The van der Waals surface area contributed by atoms with E-state index in [0.29, 0.717) is 18.0 Å². The van der Waals surface area contributed by atoms with Crippen LogP contribution in [0.25, 0.3) is 0 Å². The van der Waals surface area contributed by atoms with Crippen LogP contribution in [0.15, 0.2) is 12.2 Å². The van der Waals surface area contributed by atoms with E-state index < -0.39 is 0 Å². The van der Waals surface area contributed by atoms with E-state index in [1.807, 2.05) is 0 Å². The van der Waals surface area contributed by atoms with Gasteiger partial charge in [0.1, 0.15) is 0 Å². The monoisotopic (exact) mass is 236 g/mol.